The largest absolute Gasteiger partial charge is 0.310 e. The van der Waals surface area contributed by atoms with E-state index in [4.69, 9.17) is 0 Å². The molecular formula is C13H21NS. The maximum Gasteiger partial charge on any atom is 0.0333 e. The molecule has 1 aliphatic carbocycles. The van der Waals surface area contributed by atoms with E-state index in [-0.39, 0.29) is 0 Å². The Labute approximate surface area is 96.9 Å². The molecule has 0 spiro atoms. The summed E-state index contributed by atoms with van der Waals surface area (Å²) in [6.45, 7) is 5.62. The first-order valence-electron chi connectivity index (χ1n) is 6.07. The van der Waals surface area contributed by atoms with Gasteiger partial charge in [-0.1, -0.05) is 19.8 Å². The highest BCUT2D eigenvalue weighted by Crippen LogP contribution is 2.38. The van der Waals surface area contributed by atoms with Crippen molar-refractivity contribution in [2.24, 2.45) is 5.92 Å². The van der Waals surface area contributed by atoms with Crippen LogP contribution >= 0.6 is 11.3 Å². The predicted octanol–water partition coefficient (Wildman–Crippen LogP) is 3.90. The number of aryl methyl sites for hydroxylation is 1. The van der Waals surface area contributed by atoms with E-state index >= 15 is 0 Å². The maximum atomic E-state index is 3.69. The zero-order valence-corrected chi connectivity index (χ0v) is 10.6. The molecule has 1 atom stereocenters. The Morgan fingerprint density at radius 1 is 1.47 bits per heavy atom. The second-order valence-electron chi connectivity index (χ2n) is 4.70. The molecule has 1 saturated carbocycles. The Morgan fingerprint density at radius 2 is 2.27 bits per heavy atom. The molecule has 1 nitrogen and oxygen atoms in total. The van der Waals surface area contributed by atoms with Crippen molar-refractivity contribution in [2.75, 3.05) is 6.54 Å². The van der Waals surface area contributed by atoms with Crippen LogP contribution in [0.1, 0.15) is 49.8 Å². The Hall–Kier alpha value is -0.340. The van der Waals surface area contributed by atoms with Gasteiger partial charge in [0.1, 0.15) is 0 Å². The summed E-state index contributed by atoms with van der Waals surface area (Å²) in [6.07, 6.45) is 5.48. The van der Waals surface area contributed by atoms with Crippen LogP contribution in [0.4, 0.5) is 0 Å². The summed E-state index contributed by atoms with van der Waals surface area (Å²) in [5.41, 5.74) is 3.01. The van der Waals surface area contributed by atoms with E-state index in [1.54, 1.807) is 5.56 Å². The molecule has 84 valence electrons. The Bertz CT molecular complexity index is 301. The first-order valence-corrected chi connectivity index (χ1v) is 7.01. The highest BCUT2D eigenvalue weighted by atomic mass is 32.1. The summed E-state index contributed by atoms with van der Waals surface area (Å²) < 4.78 is 0. The second-order valence-corrected chi connectivity index (χ2v) is 5.44. The van der Waals surface area contributed by atoms with Gasteiger partial charge in [-0.15, -0.1) is 0 Å². The fraction of sp³-hybridized carbons (Fsp3) is 0.692. The molecule has 1 fully saturated rings. The molecular weight excluding hydrogens is 202 g/mol. The van der Waals surface area contributed by atoms with Gasteiger partial charge in [0, 0.05) is 6.04 Å². The fourth-order valence-corrected chi connectivity index (χ4v) is 2.96. The molecule has 15 heavy (non-hydrogen) atoms. The van der Waals surface area contributed by atoms with Crippen molar-refractivity contribution in [2.45, 2.75) is 45.6 Å². The summed E-state index contributed by atoms with van der Waals surface area (Å²) in [5, 5.41) is 8.28. The predicted molar refractivity (Wildman–Crippen MR) is 67.4 cm³/mol. The molecule has 0 radical (unpaired) electrons. The van der Waals surface area contributed by atoms with Gasteiger partial charge < -0.3 is 5.32 Å². The lowest BCUT2D eigenvalue weighted by molar-refractivity contribution is 0.473. The van der Waals surface area contributed by atoms with Crippen molar-refractivity contribution in [3.63, 3.8) is 0 Å². The number of nitrogens with one attached hydrogen (secondary N) is 1. The minimum Gasteiger partial charge on any atom is -0.310 e. The average Bonchev–Trinajstić information content (AvgIpc) is 2.95. The minimum absolute atomic E-state index is 0.615. The van der Waals surface area contributed by atoms with E-state index in [0.29, 0.717) is 6.04 Å². The number of thiophene rings is 1. The summed E-state index contributed by atoms with van der Waals surface area (Å²) in [5.74, 6) is 0.999. The molecule has 0 saturated heterocycles. The van der Waals surface area contributed by atoms with Gasteiger partial charge in [0.25, 0.3) is 0 Å². The van der Waals surface area contributed by atoms with Crippen LogP contribution in [-0.4, -0.2) is 6.54 Å². The zero-order chi connectivity index (χ0) is 10.7. The molecule has 0 amide bonds. The van der Waals surface area contributed by atoms with Crippen molar-refractivity contribution in [1.29, 1.82) is 0 Å². The molecule has 1 heterocycles. The monoisotopic (exact) mass is 223 g/mol. The third-order valence-electron chi connectivity index (χ3n) is 3.18. The maximum absolute atomic E-state index is 3.69. The van der Waals surface area contributed by atoms with Crippen molar-refractivity contribution in [3.8, 4) is 0 Å². The van der Waals surface area contributed by atoms with Crippen LogP contribution in [0, 0.1) is 12.8 Å². The van der Waals surface area contributed by atoms with E-state index < -0.39 is 0 Å². The summed E-state index contributed by atoms with van der Waals surface area (Å²) >= 11 is 1.84. The van der Waals surface area contributed by atoms with Gasteiger partial charge in [0.15, 0.2) is 0 Å². The Kier molecular flexibility index (Phi) is 3.81. The number of rotatable bonds is 6. The van der Waals surface area contributed by atoms with Crippen molar-refractivity contribution >= 4 is 11.3 Å². The lowest BCUT2D eigenvalue weighted by atomic mass is 10.0. The normalized spacial score (nSPS) is 18.0. The van der Waals surface area contributed by atoms with Crippen molar-refractivity contribution in [1.82, 2.24) is 5.32 Å². The second kappa shape index (κ2) is 5.13. The van der Waals surface area contributed by atoms with E-state index in [2.05, 4.69) is 29.9 Å². The van der Waals surface area contributed by atoms with Gasteiger partial charge in [-0.2, -0.15) is 11.3 Å². The third kappa shape index (κ3) is 3.05. The smallest absolute Gasteiger partial charge is 0.0333 e. The SMILES string of the molecule is CCCNC(CC1CC1)c1cscc1C. The summed E-state index contributed by atoms with van der Waals surface area (Å²) in [6, 6.07) is 0.615. The summed E-state index contributed by atoms with van der Waals surface area (Å²) in [7, 11) is 0. The quantitative estimate of drug-likeness (QED) is 0.771. The molecule has 0 aliphatic heterocycles. The Balaban J connectivity index is 1.99. The van der Waals surface area contributed by atoms with Gasteiger partial charge >= 0.3 is 0 Å². The van der Waals surface area contributed by atoms with Crippen molar-refractivity contribution in [3.05, 3.63) is 21.9 Å². The van der Waals surface area contributed by atoms with Crippen LogP contribution in [-0.2, 0) is 0 Å². The van der Waals surface area contributed by atoms with Crippen LogP contribution in [0.15, 0.2) is 10.8 Å². The van der Waals surface area contributed by atoms with Gasteiger partial charge in [0.2, 0.25) is 0 Å². The Morgan fingerprint density at radius 3 is 2.80 bits per heavy atom. The van der Waals surface area contributed by atoms with Gasteiger partial charge in [0.05, 0.1) is 0 Å². The van der Waals surface area contributed by atoms with E-state index in [0.717, 1.165) is 12.5 Å². The molecule has 1 aromatic rings. The van der Waals surface area contributed by atoms with E-state index in [9.17, 15) is 0 Å². The number of hydrogen-bond donors (Lipinski definition) is 1. The van der Waals surface area contributed by atoms with Gasteiger partial charge in [-0.3, -0.25) is 0 Å². The molecule has 1 N–H and O–H groups in total. The molecule has 1 aromatic heterocycles. The van der Waals surface area contributed by atoms with Gasteiger partial charge in [-0.25, -0.2) is 0 Å². The van der Waals surface area contributed by atoms with E-state index in [1.165, 1.54) is 31.2 Å². The van der Waals surface area contributed by atoms with E-state index in [1.807, 2.05) is 11.3 Å². The molecule has 1 aliphatic rings. The highest BCUT2D eigenvalue weighted by molar-refractivity contribution is 7.08. The molecule has 2 rings (SSSR count). The fourth-order valence-electron chi connectivity index (χ4n) is 2.05. The van der Waals surface area contributed by atoms with Crippen LogP contribution in [0.2, 0.25) is 0 Å². The third-order valence-corrected chi connectivity index (χ3v) is 4.06. The van der Waals surface area contributed by atoms with Gasteiger partial charge in [-0.05, 0) is 54.1 Å². The van der Waals surface area contributed by atoms with Crippen LogP contribution in [0.5, 0.6) is 0 Å². The molecule has 0 bridgehead atoms. The molecule has 0 aromatic carbocycles. The minimum atomic E-state index is 0.615. The highest BCUT2D eigenvalue weighted by Gasteiger charge is 2.26. The standard InChI is InChI=1S/C13H21NS/c1-3-6-14-13(7-11-4-5-11)12-9-15-8-10(12)2/h8-9,11,13-14H,3-7H2,1-2H3. The first kappa shape index (κ1) is 11.2. The number of hydrogen-bond acceptors (Lipinski definition) is 2. The average molecular weight is 223 g/mol. The first-order chi connectivity index (χ1) is 7.31. The van der Waals surface area contributed by atoms with Crippen molar-refractivity contribution < 1.29 is 0 Å². The molecule has 1 unspecified atom stereocenters. The summed E-state index contributed by atoms with van der Waals surface area (Å²) in [4.78, 5) is 0. The lowest BCUT2D eigenvalue weighted by Crippen LogP contribution is -2.22. The zero-order valence-electron chi connectivity index (χ0n) is 9.75. The lowest BCUT2D eigenvalue weighted by Gasteiger charge is -2.18. The van der Waals surface area contributed by atoms with Crippen LogP contribution in [0.25, 0.3) is 0 Å². The topological polar surface area (TPSA) is 12.0 Å². The molecule has 2 heteroatoms. The van der Waals surface area contributed by atoms with Crippen LogP contribution < -0.4 is 5.32 Å². The van der Waals surface area contributed by atoms with Crippen LogP contribution in [0.3, 0.4) is 0 Å².